The Balaban J connectivity index is 3.31. The predicted molar refractivity (Wildman–Crippen MR) is 64.6 cm³/mol. The molecule has 0 aliphatic carbocycles. The maximum atomic E-state index is 11.9. The molecular formula is C9H18FN3O2S. The van der Waals surface area contributed by atoms with E-state index in [1.807, 2.05) is 0 Å². The molecule has 16 heavy (non-hydrogen) atoms. The van der Waals surface area contributed by atoms with E-state index in [9.17, 15) is 9.18 Å². The number of thioether (sulfide) groups is 1. The fourth-order valence-corrected chi connectivity index (χ4v) is 1.83. The van der Waals surface area contributed by atoms with Crippen LogP contribution in [0, 0.1) is 0 Å². The molecule has 0 saturated carbocycles. The molecule has 0 fully saturated rings. The number of alkyl halides is 1. The molecule has 0 bridgehead atoms. The summed E-state index contributed by atoms with van der Waals surface area (Å²) in [6.45, 7) is -0.200. The van der Waals surface area contributed by atoms with Crippen molar-refractivity contribution < 1.29 is 14.3 Å². The second kappa shape index (κ2) is 9.41. The summed E-state index contributed by atoms with van der Waals surface area (Å²) in [4.78, 5) is 14.2. The Morgan fingerprint density at radius 2 is 2.19 bits per heavy atom. The average Bonchev–Trinajstić information content (AvgIpc) is 2.26. The molecule has 5 N–H and O–H groups in total. The van der Waals surface area contributed by atoms with Crippen LogP contribution in [0.1, 0.15) is 12.8 Å². The molecule has 0 amide bonds. The van der Waals surface area contributed by atoms with Crippen LogP contribution in [0.2, 0.25) is 0 Å². The van der Waals surface area contributed by atoms with Gasteiger partial charge in [0.1, 0.15) is 18.6 Å². The van der Waals surface area contributed by atoms with E-state index < -0.39 is 18.7 Å². The molecule has 0 aliphatic heterocycles. The lowest BCUT2D eigenvalue weighted by Crippen LogP contribution is -2.30. The van der Waals surface area contributed by atoms with Gasteiger partial charge < -0.3 is 16.6 Å². The number of amidine groups is 1. The van der Waals surface area contributed by atoms with Crippen LogP contribution in [0.4, 0.5) is 4.39 Å². The van der Waals surface area contributed by atoms with Crippen LogP contribution in [0.5, 0.6) is 0 Å². The molecule has 0 aromatic carbocycles. The Bertz CT molecular complexity index is 239. The average molecular weight is 251 g/mol. The smallest absolute Gasteiger partial charge is 0.320 e. The Labute approximate surface area is 98.5 Å². The van der Waals surface area contributed by atoms with Crippen LogP contribution in [0.3, 0.4) is 0 Å². The fraction of sp³-hybridized carbons (Fsp3) is 0.778. The summed E-state index contributed by atoms with van der Waals surface area (Å²) in [5.74, 6) is 0.601. The van der Waals surface area contributed by atoms with E-state index in [1.165, 1.54) is 0 Å². The fourth-order valence-electron chi connectivity index (χ4n) is 0.867. The van der Waals surface area contributed by atoms with Gasteiger partial charge in [0.05, 0.1) is 0 Å². The Kier molecular flexibility index (Phi) is 8.93. The molecule has 1 atom stereocenters. The highest BCUT2D eigenvalue weighted by Crippen LogP contribution is 2.06. The zero-order chi connectivity index (χ0) is 12.4. The largest absolute Gasteiger partial charge is 0.480 e. The molecule has 0 saturated heterocycles. The van der Waals surface area contributed by atoms with Crippen LogP contribution in [-0.2, 0) is 4.79 Å². The van der Waals surface area contributed by atoms with Crippen molar-refractivity contribution in [2.45, 2.75) is 18.9 Å². The quantitative estimate of drug-likeness (QED) is 0.309. The molecule has 94 valence electrons. The number of hydrogen-bond acceptors (Lipinski definition) is 4. The highest BCUT2D eigenvalue weighted by molar-refractivity contribution is 7.99. The second-order valence-corrected chi connectivity index (χ2v) is 4.43. The lowest BCUT2D eigenvalue weighted by Gasteiger charge is -2.05. The molecule has 0 heterocycles. The van der Waals surface area contributed by atoms with Crippen molar-refractivity contribution in [1.82, 2.24) is 0 Å². The first kappa shape index (κ1) is 15.2. The zero-order valence-electron chi connectivity index (χ0n) is 9.06. The highest BCUT2D eigenvalue weighted by atomic mass is 32.2. The standard InChI is InChI=1S/C9H18FN3O2S/c10-6-8(12)13-3-1-4-16-5-2-7(11)9(14)15/h7H,1-6,11H2,(H2,12,13)(H,14,15). The van der Waals surface area contributed by atoms with Crippen molar-refractivity contribution in [3.8, 4) is 0 Å². The lowest BCUT2D eigenvalue weighted by atomic mass is 10.2. The summed E-state index contributed by atoms with van der Waals surface area (Å²) >= 11 is 1.61. The number of rotatable bonds is 9. The van der Waals surface area contributed by atoms with Gasteiger partial charge in [0.2, 0.25) is 0 Å². The first-order valence-electron chi connectivity index (χ1n) is 4.98. The monoisotopic (exact) mass is 251 g/mol. The van der Waals surface area contributed by atoms with Crippen molar-refractivity contribution in [3.05, 3.63) is 0 Å². The molecule has 0 aromatic heterocycles. The molecule has 0 spiro atoms. The summed E-state index contributed by atoms with van der Waals surface area (Å²) in [6.07, 6.45) is 1.25. The minimum absolute atomic E-state index is 0.0258. The maximum absolute atomic E-state index is 11.9. The number of aliphatic imine (C=N–C) groups is 1. The normalized spacial score (nSPS) is 13.8. The molecule has 0 aromatic rings. The zero-order valence-corrected chi connectivity index (χ0v) is 9.88. The van der Waals surface area contributed by atoms with Crippen LogP contribution < -0.4 is 11.5 Å². The van der Waals surface area contributed by atoms with Gasteiger partial charge in [0, 0.05) is 6.54 Å². The van der Waals surface area contributed by atoms with E-state index in [1.54, 1.807) is 11.8 Å². The summed E-state index contributed by atoms with van der Waals surface area (Å²) in [5, 5.41) is 8.51. The Hall–Kier alpha value is -0.820. The van der Waals surface area contributed by atoms with E-state index in [0.29, 0.717) is 18.7 Å². The molecule has 5 nitrogen and oxygen atoms in total. The van der Waals surface area contributed by atoms with Crippen LogP contribution in [0.15, 0.2) is 4.99 Å². The first-order valence-corrected chi connectivity index (χ1v) is 6.14. The molecular weight excluding hydrogens is 233 g/mol. The van der Waals surface area contributed by atoms with E-state index in [4.69, 9.17) is 16.6 Å². The summed E-state index contributed by atoms with van der Waals surface area (Å²) < 4.78 is 11.9. The van der Waals surface area contributed by atoms with Crippen molar-refractivity contribution in [3.63, 3.8) is 0 Å². The topological polar surface area (TPSA) is 102 Å². The Morgan fingerprint density at radius 1 is 1.50 bits per heavy atom. The SMILES string of the molecule is NC(CF)=NCCCSCCC(N)C(=O)O. The molecule has 1 unspecified atom stereocenters. The van der Waals surface area contributed by atoms with Crippen LogP contribution in [-0.4, -0.2) is 47.7 Å². The van der Waals surface area contributed by atoms with Crippen LogP contribution >= 0.6 is 11.8 Å². The van der Waals surface area contributed by atoms with Gasteiger partial charge in [-0.1, -0.05) is 0 Å². The minimum Gasteiger partial charge on any atom is -0.480 e. The summed E-state index contributed by atoms with van der Waals surface area (Å²) in [5.41, 5.74) is 10.5. The number of nitrogens with two attached hydrogens (primary N) is 2. The third-order valence-electron chi connectivity index (χ3n) is 1.79. The van der Waals surface area contributed by atoms with E-state index in [2.05, 4.69) is 4.99 Å². The van der Waals surface area contributed by atoms with Gasteiger partial charge in [0.25, 0.3) is 0 Å². The van der Waals surface area contributed by atoms with Crippen molar-refractivity contribution in [2.75, 3.05) is 24.7 Å². The van der Waals surface area contributed by atoms with Gasteiger partial charge >= 0.3 is 5.97 Å². The van der Waals surface area contributed by atoms with E-state index >= 15 is 0 Å². The van der Waals surface area contributed by atoms with Gasteiger partial charge in [0.15, 0.2) is 0 Å². The van der Waals surface area contributed by atoms with Gasteiger partial charge in [-0.2, -0.15) is 11.8 Å². The number of hydrogen-bond donors (Lipinski definition) is 3. The molecule has 0 radical (unpaired) electrons. The van der Waals surface area contributed by atoms with Gasteiger partial charge in [-0.15, -0.1) is 0 Å². The minimum atomic E-state index is -0.971. The number of nitrogens with zero attached hydrogens (tertiary/aromatic N) is 1. The first-order chi connectivity index (χ1) is 7.57. The van der Waals surface area contributed by atoms with Gasteiger partial charge in [-0.05, 0) is 24.3 Å². The molecule has 0 aliphatic rings. The molecule has 0 rings (SSSR count). The van der Waals surface area contributed by atoms with E-state index in [-0.39, 0.29) is 5.84 Å². The Morgan fingerprint density at radius 3 is 2.75 bits per heavy atom. The number of halogens is 1. The lowest BCUT2D eigenvalue weighted by molar-refractivity contribution is -0.138. The van der Waals surface area contributed by atoms with Crippen molar-refractivity contribution in [2.24, 2.45) is 16.5 Å². The number of aliphatic carboxylic acids is 1. The summed E-state index contributed by atoms with van der Waals surface area (Å²) in [6, 6.07) is -0.785. The van der Waals surface area contributed by atoms with Gasteiger partial charge in [-0.25, -0.2) is 4.39 Å². The third kappa shape index (κ3) is 8.49. The highest BCUT2D eigenvalue weighted by Gasteiger charge is 2.09. The number of carbonyl (C=O) groups is 1. The summed E-state index contributed by atoms with van der Waals surface area (Å²) in [7, 11) is 0. The predicted octanol–water partition coefficient (Wildman–Crippen LogP) is 0.238. The maximum Gasteiger partial charge on any atom is 0.320 e. The van der Waals surface area contributed by atoms with Crippen molar-refractivity contribution >= 4 is 23.6 Å². The van der Waals surface area contributed by atoms with Crippen molar-refractivity contribution in [1.29, 1.82) is 0 Å². The molecule has 7 heteroatoms. The van der Waals surface area contributed by atoms with Crippen LogP contribution in [0.25, 0.3) is 0 Å². The second-order valence-electron chi connectivity index (χ2n) is 3.21. The number of carboxylic acids is 1. The van der Waals surface area contributed by atoms with Gasteiger partial charge in [-0.3, -0.25) is 9.79 Å². The van der Waals surface area contributed by atoms with E-state index in [0.717, 1.165) is 12.2 Å². The number of carboxylic acid groups (broad SMARTS) is 1. The third-order valence-corrected chi connectivity index (χ3v) is 2.89.